The number of carboxylic acids is 1. The molecule has 2 aliphatic carbocycles. The summed E-state index contributed by atoms with van der Waals surface area (Å²) >= 11 is 0. The van der Waals surface area contributed by atoms with Gasteiger partial charge < -0.3 is 20.1 Å². The van der Waals surface area contributed by atoms with Crippen LogP contribution in [0.5, 0.6) is 0 Å². The number of amides is 2. The molecule has 1 fully saturated rings. The van der Waals surface area contributed by atoms with E-state index in [1.165, 1.54) is 4.90 Å². The summed E-state index contributed by atoms with van der Waals surface area (Å²) in [6.07, 6.45) is 2.96. The van der Waals surface area contributed by atoms with Crippen molar-refractivity contribution in [2.24, 2.45) is 11.8 Å². The fourth-order valence-corrected chi connectivity index (χ4v) is 5.17. The van der Waals surface area contributed by atoms with Gasteiger partial charge in [0.1, 0.15) is 13.2 Å². The minimum absolute atomic E-state index is 0.0336. The molecule has 4 rings (SSSR count). The standard InChI is InChI=1S/C28H34N2O5/c1-3-18(2)30(16-26(31)32)27(33)24(19-9-8-10-19)15-29-28(34)35-17-25-22-13-6-4-11-20(22)21-12-5-7-14-23(21)25/h4-7,11-14,18-19,24-25H,3,8-10,15-17H2,1-2H3,(H,29,34)(H,31,32). The molecule has 186 valence electrons. The first kappa shape index (κ1) is 24.8. The Kier molecular flexibility index (Phi) is 7.73. The minimum Gasteiger partial charge on any atom is -0.480 e. The van der Waals surface area contributed by atoms with E-state index in [1.807, 2.05) is 38.1 Å². The fraction of sp³-hybridized carbons (Fsp3) is 0.464. The van der Waals surface area contributed by atoms with Gasteiger partial charge in [0.25, 0.3) is 0 Å². The number of nitrogens with one attached hydrogen (secondary N) is 1. The van der Waals surface area contributed by atoms with Crippen LogP contribution >= 0.6 is 0 Å². The van der Waals surface area contributed by atoms with E-state index in [4.69, 9.17) is 4.74 Å². The summed E-state index contributed by atoms with van der Waals surface area (Å²) in [6.45, 7) is 3.81. The van der Waals surface area contributed by atoms with Crippen LogP contribution < -0.4 is 5.32 Å². The van der Waals surface area contributed by atoms with E-state index < -0.39 is 18.0 Å². The lowest BCUT2D eigenvalue weighted by Crippen LogP contribution is -2.50. The van der Waals surface area contributed by atoms with Gasteiger partial charge >= 0.3 is 12.1 Å². The molecule has 2 aromatic carbocycles. The molecule has 0 aliphatic heterocycles. The summed E-state index contributed by atoms with van der Waals surface area (Å²) in [7, 11) is 0. The van der Waals surface area contributed by atoms with Crippen molar-refractivity contribution in [2.45, 2.75) is 51.5 Å². The molecule has 7 heteroatoms. The number of carbonyl (C=O) groups excluding carboxylic acids is 2. The fourth-order valence-electron chi connectivity index (χ4n) is 5.17. The maximum absolute atomic E-state index is 13.3. The zero-order valence-electron chi connectivity index (χ0n) is 20.4. The Balaban J connectivity index is 1.39. The first-order valence-electron chi connectivity index (χ1n) is 12.5. The average Bonchev–Trinajstić information content (AvgIpc) is 3.15. The highest BCUT2D eigenvalue weighted by Gasteiger charge is 2.37. The van der Waals surface area contributed by atoms with Gasteiger partial charge in [-0.1, -0.05) is 61.9 Å². The van der Waals surface area contributed by atoms with E-state index in [-0.39, 0.29) is 43.5 Å². The summed E-state index contributed by atoms with van der Waals surface area (Å²) in [5.41, 5.74) is 4.61. The number of carboxylic acid groups (broad SMARTS) is 1. The van der Waals surface area contributed by atoms with Crippen molar-refractivity contribution in [2.75, 3.05) is 19.7 Å². The monoisotopic (exact) mass is 478 g/mol. The van der Waals surface area contributed by atoms with E-state index in [0.29, 0.717) is 6.42 Å². The predicted octanol–water partition coefficient (Wildman–Crippen LogP) is 4.65. The van der Waals surface area contributed by atoms with Gasteiger partial charge in [-0.05, 0) is 54.4 Å². The van der Waals surface area contributed by atoms with Gasteiger partial charge in [-0.15, -0.1) is 0 Å². The Hall–Kier alpha value is -3.35. The molecule has 0 bridgehead atoms. The van der Waals surface area contributed by atoms with Crippen LogP contribution in [0.2, 0.25) is 0 Å². The number of nitrogens with zero attached hydrogens (tertiary/aromatic N) is 1. The minimum atomic E-state index is -1.03. The second-order valence-electron chi connectivity index (χ2n) is 9.62. The van der Waals surface area contributed by atoms with Crippen LogP contribution in [0.4, 0.5) is 4.79 Å². The zero-order chi connectivity index (χ0) is 24.9. The number of rotatable bonds is 10. The highest BCUT2D eigenvalue weighted by molar-refractivity contribution is 5.84. The SMILES string of the molecule is CCC(C)N(CC(=O)O)C(=O)C(CNC(=O)OCC1c2ccccc2-c2ccccc21)C1CCC1. The Bertz CT molecular complexity index is 1040. The average molecular weight is 479 g/mol. The van der Waals surface area contributed by atoms with Gasteiger partial charge in [0, 0.05) is 18.5 Å². The number of hydrogen-bond donors (Lipinski definition) is 2. The highest BCUT2D eigenvalue weighted by atomic mass is 16.5. The van der Waals surface area contributed by atoms with Crippen molar-refractivity contribution in [3.8, 4) is 11.1 Å². The summed E-state index contributed by atoms with van der Waals surface area (Å²) in [5, 5.41) is 12.1. The van der Waals surface area contributed by atoms with Gasteiger partial charge in [-0.3, -0.25) is 9.59 Å². The van der Waals surface area contributed by atoms with Crippen LogP contribution in [0.3, 0.4) is 0 Å². The summed E-state index contributed by atoms with van der Waals surface area (Å²) in [6, 6.07) is 16.1. The van der Waals surface area contributed by atoms with Gasteiger partial charge in [-0.2, -0.15) is 0 Å². The highest BCUT2D eigenvalue weighted by Crippen LogP contribution is 2.44. The number of benzene rings is 2. The Morgan fingerprint density at radius 1 is 1.06 bits per heavy atom. The zero-order valence-corrected chi connectivity index (χ0v) is 20.4. The van der Waals surface area contributed by atoms with Crippen molar-refractivity contribution in [3.05, 3.63) is 59.7 Å². The van der Waals surface area contributed by atoms with Crippen molar-refractivity contribution < 1.29 is 24.2 Å². The van der Waals surface area contributed by atoms with Crippen molar-refractivity contribution in [3.63, 3.8) is 0 Å². The van der Waals surface area contributed by atoms with Crippen LogP contribution in [0.15, 0.2) is 48.5 Å². The van der Waals surface area contributed by atoms with Crippen LogP contribution in [-0.4, -0.2) is 53.7 Å². The number of ether oxygens (including phenoxy) is 1. The molecule has 0 radical (unpaired) electrons. The molecule has 2 amide bonds. The Labute approximate surface area is 206 Å². The van der Waals surface area contributed by atoms with Crippen LogP contribution in [0, 0.1) is 11.8 Å². The van der Waals surface area contributed by atoms with E-state index in [9.17, 15) is 19.5 Å². The number of fused-ring (bicyclic) bond motifs is 3. The molecule has 2 unspecified atom stereocenters. The molecule has 0 spiro atoms. The molecule has 7 nitrogen and oxygen atoms in total. The van der Waals surface area contributed by atoms with E-state index >= 15 is 0 Å². The van der Waals surface area contributed by atoms with Gasteiger partial charge in [0.15, 0.2) is 0 Å². The third kappa shape index (κ3) is 5.34. The third-order valence-corrected chi connectivity index (χ3v) is 7.56. The van der Waals surface area contributed by atoms with Gasteiger partial charge in [0.05, 0.1) is 5.92 Å². The van der Waals surface area contributed by atoms with Crippen LogP contribution in [0.25, 0.3) is 11.1 Å². The first-order valence-corrected chi connectivity index (χ1v) is 12.5. The summed E-state index contributed by atoms with van der Waals surface area (Å²) in [4.78, 5) is 38.8. The molecule has 2 atom stereocenters. The molecule has 0 heterocycles. The first-order chi connectivity index (χ1) is 16.9. The molecule has 1 saturated carbocycles. The van der Waals surface area contributed by atoms with E-state index in [2.05, 4.69) is 29.6 Å². The number of alkyl carbamates (subject to hydrolysis) is 1. The molecule has 35 heavy (non-hydrogen) atoms. The van der Waals surface area contributed by atoms with Crippen LogP contribution in [-0.2, 0) is 14.3 Å². The van der Waals surface area contributed by atoms with E-state index in [1.54, 1.807) is 0 Å². The molecule has 2 aliphatic rings. The molecule has 0 aromatic heterocycles. The van der Waals surface area contributed by atoms with Crippen molar-refractivity contribution >= 4 is 18.0 Å². The van der Waals surface area contributed by atoms with Crippen molar-refractivity contribution in [1.82, 2.24) is 10.2 Å². The molecule has 0 saturated heterocycles. The predicted molar refractivity (Wildman–Crippen MR) is 133 cm³/mol. The summed E-state index contributed by atoms with van der Waals surface area (Å²) < 4.78 is 5.63. The van der Waals surface area contributed by atoms with Gasteiger partial charge in [-0.25, -0.2) is 4.79 Å². The maximum atomic E-state index is 13.3. The largest absolute Gasteiger partial charge is 0.480 e. The third-order valence-electron chi connectivity index (χ3n) is 7.56. The van der Waals surface area contributed by atoms with Crippen molar-refractivity contribution in [1.29, 1.82) is 0 Å². The van der Waals surface area contributed by atoms with E-state index in [0.717, 1.165) is 41.5 Å². The van der Waals surface area contributed by atoms with Gasteiger partial charge in [0.2, 0.25) is 5.91 Å². The number of hydrogen-bond acceptors (Lipinski definition) is 4. The quantitative estimate of drug-likeness (QED) is 0.518. The van der Waals surface area contributed by atoms with Crippen LogP contribution in [0.1, 0.15) is 56.6 Å². The molecular formula is C28H34N2O5. The topological polar surface area (TPSA) is 95.9 Å². The maximum Gasteiger partial charge on any atom is 0.407 e. The Morgan fingerprint density at radius 2 is 1.66 bits per heavy atom. The summed E-state index contributed by atoms with van der Waals surface area (Å²) in [5.74, 6) is -1.57. The normalized spacial score (nSPS) is 16.4. The molecular weight excluding hydrogens is 444 g/mol. The lowest BCUT2D eigenvalue weighted by atomic mass is 9.75. The Morgan fingerprint density at radius 3 is 2.17 bits per heavy atom. The number of aliphatic carboxylic acids is 1. The molecule has 2 aromatic rings. The number of carbonyl (C=O) groups is 3. The molecule has 2 N–H and O–H groups in total. The lowest BCUT2D eigenvalue weighted by Gasteiger charge is -2.37. The second kappa shape index (κ2) is 10.9. The lowest BCUT2D eigenvalue weighted by molar-refractivity contribution is -0.149. The second-order valence-corrected chi connectivity index (χ2v) is 9.62. The smallest absolute Gasteiger partial charge is 0.407 e.